The van der Waals surface area contributed by atoms with Crippen molar-refractivity contribution in [1.29, 1.82) is 0 Å². The molecule has 0 aromatic carbocycles. The van der Waals surface area contributed by atoms with Crippen LogP contribution in [0.5, 0.6) is 0 Å². The topological polar surface area (TPSA) is 51.0 Å². The quantitative estimate of drug-likeness (QED) is 0.764. The molecule has 1 aromatic heterocycles. The van der Waals surface area contributed by atoms with Crippen LogP contribution >= 0.6 is 0 Å². The Morgan fingerprint density at radius 2 is 2.43 bits per heavy atom. The van der Waals surface area contributed by atoms with Gasteiger partial charge in [-0.15, -0.1) is 0 Å². The Morgan fingerprint density at radius 1 is 1.50 bits per heavy atom. The summed E-state index contributed by atoms with van der Waals surface area (Å²) in [6.07, 6.45) is 3.37. The van der Waals surface area contributed by atoms with E-state index >= 15 is 0 Å². The number of aryl methyl sites for hydroxylation is 1. The van der Waals surface area contributed by atoms with Crippen LogP contribution in [0.2, 0.25) is 0 Å². The molecule has 0 radical (unpaired) electrons. The van der Waals surface area contributed by atoms with E-state index < -0.39 is 0 Å². The molecule has 1 aliphatic heterocycles. The average molecular weight is 193 g/mol. The molecule has 0 spiro atoms. The van der Waals surface area contributed by atoms with E-state index in [4.69, 9.17) is 4.52 Å². The lowest BCUT2D eigenvalue weighted by Gasteiger charge is -2.18. The molecule has 1 saturated carbocycles. The van der Waals surface area contributed by atoms with Gasteiger partial charge in [0.1, 0.15) is 0 Å². The van der Waals surface area contributed by atoms with Crippen LogP contribution in [0, 0.1) is 5.92 Å². The van der Waals surface area contributed by atoms with Crippen LogP contribution in [0.3, 0.4) is 0 Å². The number of aromatic nitrogens is 2. The molecule has 14 heavy (non-hydrogen) atoms. The van der Waals surface area contributed by atoms with Gasteiger partial charge >= 0.3 is 0 Å². The van der Waals surface area contributed by atoms with E-state index in [1.807, 2.05) is 6.92 Å². The van der Waals surface area contributed by atoms with Crippen molar-refractivity contribution in [3.63, 3.8) is 0 Å². The lowest BCUT2D eigenvalue weighted by atomic mass is 10.00. The number of fused-ring (bicyclic) bond motifs is 2. The molecule has 1 aliphatic carbocycles. The maximum absolute atomic E-state index is 5.29. The minimum atomic E-state index is 0.474. The van der Waals surface area contributed by atoms with Crippen molar-refractivity contribution in [3.8, 4) is 0 Å². The molecule has 3 unspecified atom stereocenters. The van der Waals surface area contributed by atoms with Gasteiger partial charge < -0.3 is 9.84 Å². The third kappa shape index (κ3) is 1.17. The van der Waals surface area contributed by atoms with E-state index in [0.29, 0.717) is 12.0 Å². The van der Waals surface area contributed by atoms with Crippen LogP contribution in [0.15, 0.2) is 4.52 Å². The summed E-state index contributed by atoms with van der Waals surface area (Å²) >= 11 is 0. The fraction of sp³-hybridized carbons (Fsp3) is 0.800. The van der Waals surface area contributed by atoms with Crippen molar-refractivity contribution < 1.29 is 4.52 Å². The molecule has 4 nitrogen and oxygen atoms in total. The van der Waals surface area contributed by atoms with Gasteiger partial charge in [0.05, 0.1) is 5.92 Å². The monoisotopic (exact) mass is 193 g/mol. The fourth-order valence-corrected chi connectivity index (χ4v) is 2.69. The third-order valence-corrected chi connectivity index (χ3v) is 3.45. The Kier molecular flexibility index (Phi) is 1.83. The van der Waals surface area contributed by atoms with Gasteiger partial charge in [0, 0.05) is 12.5 Å². The number of nitrogens with one attached hydrogen (secondary N) is 1. The van der Waals surface area contributed by atoms with Crippen LogP contribution in [0.1, 0.15) is 37.4 Å². The van der Waals surface area contributed by atoms with Crippen LogP contribution in [0.25, 0.3) is 0 Å². The second-order valence-corrected chi connectivity index (χ2v) is 4.36. The highest BCUT2D eigenvalue weighted by atomic mass is 16.5. The second-order valence-electron chi connectivity index (χ2n) is 4.36. The van der Waals surface area contributed by atoms with E-state index in [1.54, 1.807) is 0 Å². The molecule has 2 aliphatic rings. The lowest BCUT2D eigenvalue weighted by molar-refractivity contribution is 0.315. The summed E-state index contributed by atoms with van der Waals surface area (Å²) in [7, 11) is 0. The highest BCUT2D eigenvalue weighted by Crippen LogP contribution is 2.41. The molecule has 1 aromatic rings. The van der Waals surface area contributed by atoms with Crippen LogP contribution in [-0.2, 0) is 6.42 Å². The van der Waals surface area contributed by atoms with Gasteiger partial charge in [-0.25, -0.2) is 0 Å². The molecule has 4 heteroatoms. The summed E-state index contributed by atoms with van der Waals surface area (Å²) in [6.45, 7) is 3.23. The van der Waals surface area contributed by atoms with E-state index in [1.165, 1.54) is 19.4 Å². The standard InChI is InChI=1S/C10H15N3O/c1-2-9-12-10(14-13-9)7-3-6-4-8(7)11-5-6/h6-8,11H,2-5H2,1H3. The number of hydrogen-bond donors (Lipinski definition) is 1. The zero-order valence-electron chi connectivity index (χ0n) is 8.36. The molecule has 2 bridgehead atoms. The number of hydrogen-bond acceptors (Lipinski definition) is 4. The summed E-state index contributed by atoms with van der Waals surface area (Å²) in [4.78, 5) is 4.41. The van der Waals surface area contributed by atoms with E-state index in [9.17, 15) is 0 Å². The summed E-state index contributed by atoms with van der Waals surface area (Å²) < 4.78 is 5.29. The van der Waals surface area contributed by atoms with Gasteiger partial charge in [-0.05, 0) is 25.3 Å². The molecule has 3 atom stereocenters. The molecule has 3 rings (SSSR count). The van der Waals surface area contributed by atoms with E-state index in [0.717, 1.165) is 24.1 Å². The number of piperidine rings is 1. The molecule has 0 amide bonds. The number of nitrogens with zero attached hydrogens (tertiary/aromatic N) is 2. The molecule has 2 heterocycles. The predicted molar refractivity (Wildman–Crippen MR) is 50.9 cm³/mol. The Hall–Kier alpha value is -0.900. The van der Waals surface area contributed by atoms with Gasteiger partial charge in [0.15, 0.2) is 5.82 Å². The molecule has 1 N–H and O–H groups in total. The van der Waals surface area contributed by atoms with Crippen molar-refractivity contribution in [1.82, 2.24) is 15.5 Å². The maximum atomic E-state index is 5.29. The normalized spacial score (nSPS) is 35.4. The highest BCUT2D eigenvalue weighted by molar-refractivity contribution is 5.08. The molecule has 1 saturated heterocycles. The Bertz CT molecular complexity index is 336. The average Bonchev–Trinajstić information content (AvgIpc) is 2.93. The summed E-state index contributed by atoms with van der Waals surface area (Å²) in [5.41, 5.74) is 0. The molecule has 2 fully saturated rings. The lowest BCUT2D eigenvalue weighted by Crippen LogP contribution is -2.31. The van der Waals surface area contributed by atoms with Gasteiger partial charge in [-0.2, -0.15) is 4.98 Å². The molecular formula is C10H15N3O. The summed E-state index contributed by atoms with van der Waals surface area (Å²) in [6, 6.07) is 0.588. The minimum absolute atomic E-state index is 0.474. The Balaban J connectivity index is 1.82. The first-order valence-electron chi connectivity index (χ1n) is 5.42. The smallest absolute Gasteiger partial charge is 0.231 e. The summed E-state index contributed by atoms with van der Waals surface area (Å²) in [5.74, 6) is 2.99. The molecule has 76 valence electrons. The number of rotatable bonds is 2. The summed E-state index contributed by atoms with van der Waals surface area (Å²) in [5, 5.41) is 7.45. The Labute approximate surface area is 83.1 Å². The first kappa shape index (κ1) is 8.41. The maximum Gasteiger partial charge on any atom is 0.231 e. The van der Waals surface area contributed by atoms with Crippen molar-refractivity contribution in [2.75, 3.05) is 6.54 Å². The first-order chi connectivity index (χ1) is 6.86. The zero-order valence-corrected chi connectivity index (χ0v) is 8.36. The van der Waals surface area contributed by atoms with Crippen molar-refractivity contribution in [2.45, 2.75) is 38.1 Å². The van der Waals surface area contributed by atoms with Gasteiger partial charge in [-0.1, -0.05) is 12.1 Å². The highest BCUT2D eigenvalue weighted by Gasteiger charge is 2.42. The van der Waals surface area contributed by atoms with Crippen molar-refractivity contribution in [3.05, 3.63) is 11.7 Å². The van der Waals surface area contributed by atoms with Crippen molar-refractivity contribution in [2.24, 2.45) is 5.92 Å². The molecular weight excluding hydrogens is 178 g/mol. The van der Waals surface area contributed by atoms with Crippen molar-refractivity contribution >= 4 is 0 Å². The SMILES string of the molecule is CCc1noc(C2CC3CNC2C3)n1. The van der Waals surface area contributed by atoms with Gasteiger partial charge in [-0.3, -0.25) is 0 Å². The van der Waals surface area contributed by atoms with E-state index in [-0.39, 0.29) is 0 Å². The Morgan fingerprint density at radius 3 is 3.00 bits per heavy atom. The van der Waals surface area contributed by atoms with Gasteiger partial charge in [0.2, 0.25) is 5.89 Å². The minimum Gasteiger partial charge on any atom is -0.339 e. The van der Waals surface area contributed by atoms with Crippen LogP contribution < -0.4 is 5.32 Å². The predicted octanol–water partition coefficient (Wildman–Crippen LogP) is 1.10. The third-order valence-electron chi connectivity index (χ3n) is 3.45. The van der Waals surface area contributed by atoms with Crippen LogP contribution in [-0.4, -0.2) is 22.7 Å². The largest absolute Gasteiger partial charge is 0.339 e. The zero-order chi connectivity index (χ0) is 9.54. The second kappa shape index (κ2) is 3.05. The fourth-order valence-electron chi connectivity index (χ4n) is 2.69. The van der Waals surface area contributed by atoms with E-state index in [2.05, 4.69) is 15.5 Å². The van der Waals surface area contributed by atoms with Crippen LogP contribution in [0.4, 0.5) is 0 Å². The van der Waals surface area contributed by atoms with Gasteiger partial charge in [0.25, 0.3) is 0 Å². The first-order valence-corrected chi connectivity index (χ1v) is 5.42.